The van der Waals surface area contributed by atoms with Gasteiger partial charge in [-0.25, -0.2) is 0 Å². The van der Waals surface area contributed by atoms with Crippen LogP contribution in [0.3, 0.4) is 0 Å². The first-order valence-corrected chi connectivity index (χ1v) is 9.26. The summed E-state index contributed by atoms with van der Waals surface area (Å²) in [6, 6.07) is 6.09. The smallest absolute Gasteiger partial charge is 0.270 e. The van der Waals surface area contributed by atoms with Crippen molar-refractivity contribution in [3.63, 3.8) is 0 Å². The average molecular weight is 279 g/mol. The van der Waals surface area contributed by atoms with Crippen LogP contribution in [0.4, 0.5) is 5.69 Å². The van der Waals surface area contributed by atoms with Crippen molar-refractivity contribution in [1.82, 2.24) is 0 Å². The van der Waals surface area contributed by atoms with Crippen LogP contribution in [0, 0.1) is 10.1 Å². The molecule has 1 aromatic rings. The van der Waals surface area contributed by atoms with Crippen LogP contribution in [-0.2, 0) is 9.22 Å². The van der Waals surface area contributed by atoms with E-state index < -0.39 is 13.2 Å². The van der Waals surface area contributed by atoms with Crippen molar-refractivity contribution in [3.8, 4) is 0 Å². The Kier molecular flexibility index (Phi) is 4.60. The summed E-state index contributed by atoms with van der Waals surface area (Å²) in [7, 11) is -1.90. The number of hydrogen-bond acceptors (Lipinski definition) is 4. The summed E-state index contributed by atoms with van der Waals surface area (Å²) in [5, 5.41) is 10.8. The quantitative estimate of drug-likeness (QED) is 0.272. The van der Waals surface area contributed by atoms with Crippen LogP contribution in [-0.4, -0.2) is 19.0 Å². The van der Waals surface area contributed by atoms with Crippen molar-refractivity contribution in [3.05, 3.63) is 46.0 Å². The number of nitro benzene ring substituents is 1. The van der Waals surface area contributed by atoms with Gasteiger partial charge in [-0.1, -0.05) is 12.1 Å². The molecule has 0 amide bonds. The maximum atomic E-state index is 11.3. The number of carbonyl (C=O) groups is 1. The largest absolute Gasteiger partial charge is 0.544 e. The molecule has 1 aromatic carbocycles. The molecular weight excluding hydrogens is 262 g/mol. The van der Waals surface area contributed by atoms with E-state index in [4.69, 9.17) is 4.43 Å². The average Bonchev–Trinajstić information content (AvgIpc) is 2.25. The summed E-state index contributed by atoms with van der Waals surface area (Å²) in [4.78, 5) is 21.6. The molecule has 0 fully saturated rings. The van der Waals surface area contributed by atoms with Crippen molar-refractivity contribution < 1.29 is 14.1 Å². The van der Waals surface area contributed by atoms with Gasteiger partial charge in [0.25, 0.3) is 5.69 Å². The highest BCUT2D eigenvalue weighted by molar-refractivity contribution is 6.70. The molecule has 1 rings (SSSR count). The van der Waals surface area contributed by atoms with E-state index in [1.54, 1.807) is 12.1 Å². The molecule has 5 nitrogen and oxygen atoms in total. The van der Waals surface area contributed by atoms with Crippen molar-refractivity contribution in [1.29, 1.82) is 0 Å². The second kappa shape index (κ2) is 5.79. The predicted molar refractivity (Wildman–Crippen MR) is 76.2 cm³/mol. The van der Waals surface area contributed by atoms with Crippen LogP contribution in [0.25, 0.3) is 5.76 Å². The van der Waals surface area contributed by atoms with Gasteiger partial charge in [0.1, 0.15) is 5.76 Å². The second-order valence-corrected chi connectivity index (χ2v) is 9.57. The Balaban J connectivity index is 3.22. The highest BCUT2D eigenvalue weighted by Crippen LogP contribution is 2.24. The minimum atomic E-state index is -1.90. The van der Waals surface area contributed by atoms with Gasteiger partial charge in [-0.15, -0.1) is 0 Å². The minimum Gasteiger partial charge on any atom is -0.544 e. The van der Waals surface area contributed by atoms with Crippen LogP contribution >= 0.6 is 0 Å². The minimum absolute atomic E-state index is 0.0221. The topological polar surface area (TPSA) is 69.4 Å². The van der Waals surface area contributed by atoms with Crippen LogP contribution in [0.15, 0.2) is 30.3 Å². The van der Waals surface area contributed by atoms with E-state index in [1.807, 2.05) is 19.6 Å². The van der Waals surface area contributed by atoms with E-state index in [0.29, 0.717) is 11.3 Å². The molecule has 0 N–H and O–H groups in total. The zero-order chi connectivity index (χ0) is 14.6. The number of carbonyl (C=O) groups excluding carboxylic acids is 1. The number of ketones is 1. The molecule has 0 aliphatic rings. The molecule has 0 bridgehead atoms. The number of allylic oxidation sites excluding steroid dienone is 1. The van der Waals surface area contributed by atoms with Crippen LogP contribution in [0.1, 0.15) is 12.5 Å². The fraction of sp³-hybridized carbons (Fsp3) is 0.308. The number of hydrogen-bond donors (Lipinski definition) is 0. The summed E-state index contributed by atoms with van der Waals surface area (Å²) in [6.45, 7) is 7.37. The molecule has 0 spiro atoms. The van der Waals surface area contributed by atoms with Crippen molar-refractivity contribution in [2.75, 3.05) is 0 Å². The molecule has 0 saturated carbocycles. The highest BCUT2D eigenvalue weighted by Gasteiger charge is 2.20. The second-order valence-electron chi connectivity index (χ2n) is 5.14. The fourth-order valence-electron chi connectivity index (χ4n) is 1.46. The number of nitrogens with zero attached hydrogens (tertiary/aromatic N) is 1. The molecular formula is C13H17NO4Si. The molecule has 19 heavy (non-hydrogen) atoms. The maximum absolute atomic E-state index is 11.3. The van der Waals surface area contributed by atoms with Crippen molar-refractivity contribution >= 4 is 25.5 Å². The van der Waals surface area contributed by atoms with E-state index in [2.05, 4.69) is 0 Å². The van der Waals surface area contributed by atoms with Crippen LogP contribution < -0.4 is 0 Å². The van der Waals surface area contributed by atoms with E-state index in [0.717, 1.165) is 0 Å². The standard InChI is InChI=1S/C13H17NO4Si/c1-10(15)8-13(18-19(2,3)4)11-6-5-7-12(9-11)14(16)17/h5-9H,1-4H3/b13-8+. The van der Waals surface area contributed by atoms with E-state index in [1.165, 1.54) is 25.1 Å². The Morgan fingerprint density at radius 3 is 2.47 bits per heavy atom. The van der Waals surface area contributed by atoms with Crippen LogP contribution in [0.5, 0.6) is 0 Å². The maximum Gasteiger partial charge on any atom is 0.270 e. The number of non-ortho nitro benzene ring substituents is 1. The first-order chi connectivity index (χ1) is 8.69. The molecule has 0 aliphatic heterocycles. The Hall–Kier alpha value is -1.95. The SMILES string of the molecule is CC(=O)/C=C(/O[Si](C)(C)C)c1cccc([N+](=O)[O-])c1. The van der Waals surface area contributed by atoms with Gasteiger partial charge >= 0.3 is 0 Å². The molecule has 0 heterocycles. The van der Waals surface area contributed by atoms with Gasteiger partial charge in [0.2, 0.25) is 8.32 Å². The molecule has 0 aromatic heterocycles. The summed E-state index contributed by atoms with van der Waals surface area (Å²) in [5.74, 6) is 0.245. The molecule has 102 valence electrons. The van der Waals surface area contributed by atoms with E-state index in [-0.39, 0.29) is 11.5 Å². The molecule has 0 saturated heterocycles. The Bertz CT molecular complexity index is 532. The van der Waals surface area contributed by atoms with Gasteiger partial charge in [-0.3, -0.25) is 14.9 Å². The van der Waals surface area contributed by atoms with Gasteiger partial charge < -0.3 is 4.43 Å². The number of rotatable bonds is 5. The highest BCUT2D eigenvalue weighted by atomic mass is 28.4. The third kappa shape index (κ3) is 5.05. The molecule has 0 atom stereocenters. The Morgan fingerprint density at radius 1 is 1.37 bits per heavy atom. The van der Waals surface area contributed by atoms with Gasteiger partial charge in [0.05, 0.1) is 4.92 Å². The third-order valence-corrected chi connectivity index (χ3v) is 2.92. The summed E-state index contributed by atoms with van der Waals surface area (Å²) >= 11 is 0. The zero-order valence-corrected chi connectivity index (χ0v) is 12.5. The molecule has 0 unspecified atom stereocenters. The van der Waals surface area contributed by atoms with Gasteiger partial charge in [-0.05, 0) is 26.6 Å². The van der Waals surface area contributed by atoms with Gasteiger partial charge in [0, 0.05) is 23.8 Å². The van der Waals surface area contributed by atoms with Gasteiger partial charge in [-0.2, -0.15) is 0 Å². The van der Waals surface area contributed by atoms with E-state index >= 15 is 0 Å². The van der Waals surface area contributed by atoms with Crippen molar-refractivity contribution in [2.24, 2.45) is 0 Å². The summed E-state index contributed by atoms with van der Waals surface area (Å²) in [6.07, 6.45) is 1.37. The fourth-order valence-corrected chi connectivity index (χ4v) is 2.30. The van der Waals surface area contributed by atoms with Crippen LogP contribution in [0.2, 0.25) is 19.6 Å². The molecule has 0 radical (unpaired) electrons. The lowest BCUT2D eigenvalue weighted by molar-refractivity contribution is -0.384. The van der Waals surface area contributed by atoms with E-state index in [9.17, 15) is 14.9 Å². The van der Waals surface area contributed by atoms with Gasteiger partial charge in [0.15, 0.2) is 5.78 Å². The number of benzene rings is 1. The predicted octanol–water partition coefficient (Wildman–Crippen LogP) is 3.38. The Labute approximate surface area is 113 Å². The third-order valence-electron chi connectivity index (χ3n) is 2.09. The first-order valence-electron chi connectivity index (χ1n) is 5.85. The summed E-state index contributed by atoms with van der Waals surface area (Å²) < 4.78 is 5.83. The lowest BCUT2D eigenvalue weighted by atomic mass is 10.1. The molecule has 0 aliphatic carbocycles. The zero-order valence-electron chi connectivity index (χ0n) is 11.5. The summed E-state index contributed by atoms with van der Waals surface area (Å²) in [5.41, 5.74) is 0.526. The lowest BCUT2D eigenvalue weighted by Gasteiger charge is -2.21. The Morgan fingerprint density at radius 2 is 2.00 bits per heavy atom. The van der Waals surface area contributed by atoms with Crippen molar-refractivity contribution in [2.45, 2.75) is 26.6 Å². The lowest BCUT2D eigenvalue weighted by Crippen LogP contribution is -2.24. The molecule has 6 heteroatoms. The monoisotopic (exact) mass is 279 g/mol. The first kappa shape index (κ1) is 15.1. The normalized spacial score (nSPS) is 12.1. The number of nitro groups is 1.